The van der Waals surface area contributed by atoms with Gasteiger partial charge in [0.15, 0.2) is 0 Å². The summed E-state index contributed by atoms with van der Waals surface area (Å²) in [5.41, 5.74) is 7.06. The van der Waals surface area contributed by atoms with Crippen molar-refractivity contribution >= 4 is 44.6 Å². The number of ether oxygens (including phenoxy) is 1. The van der Waals surface area contributed by atoms with E-state index in [2.05, 4.69) is 9.97 Å². The van der Waals surface area contributed by atoms with Crippen molar-refractivity contribution in [3.05, 3.63) is 115 Å². The molecule has 0 aliphatic carbocycles. The van der Waals surface area contributed by atoms with E-state index < -0.39 is 27.3 Å². The highest BCUT2D eigenvalue weighted by molar-refractivity contribution is 7.95. The van der Waals surface area contributed by atoms with Gasteiger partial charge in [0.25, 0.3) is 5.56 Å². The third kappa shape index (κ3) is 4.35. The Bertz CT molecular complexity index is 1830. The molecular weight excluding hydrogens is 524 g/mol. The highest BCUT2D eigenvalue weighted by atomic mass is 32.2. The zero-order chi connectivity index (χ0) is 26.9. The summed E-state index contributed by atoms with van der Waals surface area (Å²) < 4.78 is 35.1. The van der Waals surface area contributed by atoms with Crippen molar-refractivity contribution in [2.24, 2.45) is 5.73 Å². The van der Waals surface area contributed by atoms with Crippen molar-refractivity contribution in [3.63, 3.8) is 0 Å². The van der Waals surface area contributed by atoms with Gasteiger partial charge in [-0.25, -0.2) is 13.2 Å². The van der Waals surface area contributed by atoms with E-state index in [0.29, 0.717) is 11.1 Å². The van der Waals surface area contributed by atoms with Gasteiger partial charge in [0.1, 0.15) is 15.4 Å². The van der Waals surface area contributed by atoms with E-state index in [4.69, 9.17) is 10.5 Å². The normalized spacial score (nSPS) is 15.9. The summed E-state index contributed by atoms with van der Waals surface area (Å²) in [6, 6.07) is 14.5. The van der Waals surface area contributed by atoms with E-state index in [1.807, 2.05) is 0 Å². The van der Waals surface area contributed by atoms with Gasteiger partial charge in [-0.2, -0.15) is 0 Å². The smallest absolute Gasteiger partial charge is 0.338 e. The summed E-state index contributed by atoms with van der Waals surface area (Å²) in [7, 11) is -4.28. The van der Waals surface area contributed by atoms with Crippen LogP contribution in [-0.2, 0) is 19.4 Å². The van der Waals surface area contributed by atoms with Crippen LogP contribution in [0.25, 0.3) is 17.5 Å². The Morgan fingerprint density at radius 2 is 1.79 bits per heavy atom. The van der Waals surface area contributed by atoms with Crippen molar-refractivity contribution in [2.75, 3.05) is 6.61 Å². The Labute approximate surface area is 221 Å². The molecule has 1 aliphatic heterocycles. The van der Waals surface area contributed by atoms with Crippen molar-refractivity contribution in [3.8, 4) is 0 Å². The molecule has 0 saturated carbocycles. The van der Waals surface area contributed by atoms with Crippen molar-refractivity contribution in [1.29, 1.82) is 0 Å². The lowest BCUT2D eigenvalue weighted by molar-refractivity contribution is -0.136. The number of hydrogen-bond donors (Lipinski definition) is 1. The topological polar surface area (TPSA) is 134 Å². The molecule has 1 aliphatic rings. The van der Waals surface area contributed by atoms with Crippen LogP contribution >= 0.6 is 11.3 Å². The van der Waals surface area contributed by atoms with E-state index in [0.717, 1.165) is 15.9 Å². The maximum absolute atomic E-state index is 14.1. The van der Waals surface area contributed by atoms with Crippen LogP contribution in [0.4, 0.5) is 0 Å². The number of aromatic nitrogens is 3. The van der Waals surface area contributed by atoms with Gasteiger partial charge in [0, 0.05) is 24.8 Å². The number of rotatable bonds is 6. The Kier molecular flexibility index (Phi) is 6.79. The first-order valence-electron chi connectivity index (χ1n) is 11.6. The number of sulfone groups is 1. The molecule has 5 rings (SSSR count). The van der Waals surface area contributed by atoms with E-state index in [1.54, 1.807) is 67.9 Å². The summed E-state index contributed by atoms with van der Waals surface area (Å²) in [6.07, 6.45) is 7.82. The molecule has 0 amide bonds. The number of hydrogen-bond acceptors (Lipinski definition) is 9. The van der Waals surface area contributed by atoms with Crippen molar-refractivity contribution < 1.29 is 17.9 Å². The number of pyridine rings is 2. The maximum atomic E-state index is 14.1. The Morgan fingerprint density at radius 1 is 1.08 bits per heavy atom. The minimum absolute atomic E-state index is 0.00325. The summed E-state index contributed by atoms with van der Waals surface area (Å²) >= 11 is 1.03. The number of esters is 1. The van der Waals surface area contributed by atoms with Gasteiger partial charge in [-0.15, -0.1) is 11.3 Å². The number of carbonyl (C=O) groups is 1. The van der Waals surface area contributed by atoms with E-state index >= 15 is 0 Å². The second-order valence-electron chi connectivity index (χ2n) is 8.26. The molecule has 1 aromatic carbocycles. The van der Waals surface area contributed by atoms with Crippen LogP contribution in [0, 0.1) is 0 Å². The number of nitrogens with two attached hydrogens (primary N) is 1. The second kappa shape index (κ2) is 10.2. The lowest BCUT2D eigenvalue weighted by Crippen LogP contribution is -2.41. The van der Waals surface area contributed by atoms with Gasteiger partial charge in [-0.1, -0.05) is 30.3 Å². The number of thiazole rings is 1. The fourth-order valence-corrected chi connectivity index (χ4v) is 7.17. The van der Waals surface area contributed by atoms with Crippen LogP contribution in [0.1, 0.15) is 24.0 Å². The molecule has 192 valence electrons. The molecule has 38 heavy (non-hydrogen) atoms. The number of fused-ring (bicyclic) bond motifs is 1. The standard InChI is InChI=1S/C27H22N4O5S2/c1-2-36-27(33)22-21(18-9-7-13-30-16-18)23(38(34,35)19-10-4-3-5-11-19)24(28)31-25(32)20(37-26(22)31)14-17-8-6-12-29-15-17/h3-16,21H,2,28H2,1H3/b20-14-/t21-/m1/s1. The van der Waals surface area contributed by atoms with E-state index in [9.17, 15) is 18.0 Å². The largest absolute Gasteiger partial charge is 0.463 e. The summed E-state index contributed by atoms with van der Waals surface area (Å²) in [6.45, 7) is 1.70. The molecule has 0 radical (unpaired) electrons. The van der Waals surface area contributed by atoms with Crippen LogP contribution < -0.4 is 20.5 Å². The molecule has 1 atom stereocenters. The zero-order valence-corrected chi connectivity index (χ0v) is 21.8. The number of nitrogens with zero attached hydrogens (tertiary/aromatic N) is 3. The average molecular weight is 547 g/mol. The number of carbonyl (C=O) groups excluding carboxylic acids is 1. The first kappa shape index (κ1) is 25.3. The van der Waals surface area contributed by atoms with Crippen LogP contribution in [0.5, 0.6) is 0 Å². The molecular formula is C27H22N4O5S2. The van der Waals surface area contributed by atoms with Gasteiger partial charge < -0.3 is 10.5 Å². The van der Waals surface area contributed by atoms with E-state index in [-0.39, 0.29) is 37.0 Å². The molecule has 0 spiro atoms. The van der Waals surface area contributed by atoms with E-state index in [1.165, 1.54) is 24.5 Å². The van der Waals surface area contributed by atoms with Gasteiger partial charge in [0.2, 0.25) is 9.84 Å². The molecule has 0 fully saturated rings. The Hall–Kier alpha value is -4.35. The van der Waals surface area contributed by atoms with Crippen LogP contribution in [-0.4, -0.2) is 35.5 Å². The van der Waals surface area contributed by atoms with Gasteiger partial charge in [0.05, 0.1) is 27.5 Å². The molecule has 0 unspecified atom stereocenters. The molecule has 3 aromatic heterocycles. The summed E-state index contributed by atoms with van der Waals surface area (Å²) in [5, 5.41) is 0. The zero-order valence-electron chi connectivity index (χ0n) is 20.1. The summed E-state index contributed by atoms with van der Waals surface area (Å²) in [5.74, 6) is -2.19. The predicted molar refractivity (Wildman–Crippen MR) is 144 cm³/mol. The molecule has 0 saturated heterocycles. The molecule has 4 heterocycles. The minimum atomic E-state index is -4.28. The molecule has 2 N–H and O–H groups in total. The molecule has 9 nitrogen and oxygen atoms in total. The lowest BCUT2D eigenvalue weighted by Gasteiger charge is -2.27. The number of allylic oxidation sites excluding steroid dienone is 1. The fraction of sp³-hybridized carbons (Fsp3) is 0.111. The SMILES string of the molecule is CCOC(=O)C1=c2s/c(=C\c3cccnc3)c(=O)n2C(N)=C(S(=O)(=O)c2ccccc2)[C@@H]1c1cccnc1. The monoisotopic (exact) mass is 546 g/mol. The first-order chi connectivity index (χ1) is 18.3. The van der Waals surface area contributed by atoms with Crippen LogP contribution in [0.15, 0.2) is 94.0 Å². The highest BCUT2D eigenvalue weighted by Crippen LogP contribution is 2.41. The second-order valence-corrected chi connectivity index (χ2v) is 11.2. The fourth-order valence-electron chi connectivity index (χ4n) is 4.30. The van der Waals surface area contributed by atoms with Crippen molar-refractivity contribution in [2.45, 2.75) is 17.7 Å². The minimum Gasteiger partial charge on any atom is -0.463 e. The molecule has 11 heteroatoms. The lowest BCUT2D eigenvalue weighted by atomic mass is 9.90. The third-order valence-corrected chi connectivity index (χ3v) is 8.96. The predicted octanol–water partition coefficient (Wildman–Crippen LogP) is 1.60. The third-order valence-electron chi connectivity index (χ3n) is 5.94. The Balaban J connectivity index is 1.93. The average Bonchev–Trinajstić information content (AvgIpc) is 3.25. The highest BCUT2D eigenvalue weighted by Gasteiger charge is 2.42. The molecule has 0 bridgehead atoms. The van der Waals surface area contributed by atoms with Crippen LogP contribution in [0.2, 0.25) is 0 Å². The molecule has 4 aromatic rings. The summed E-state index contributed by atoms with van der Waals surface area (Å²) in [4.78, 5) is 35.0. The quantitative estimate of drug-likeness (QED) is 0.361. The van der Waals surface area contributed by atoms with Crippen molar-refractivity contribution in [1.82, 2.24) is 14.5 Å². The maximum Gasteiger partial charge on any atom is 0.338 e. The number of benzene rings is 1. The van der Waals surface area contributed by atoms with Gasteiger partial charge >= 0.3 is 5.97 Å². The first-order valence-corrected chi connectivity index (χ1v) is 13.9. The van der Waals surface area contributed by atoms with Gasteiger partial charge in [-0.3, -0.25) is 19.3 Å². The van der Waals surface area contributed by atoms with Gasteiger partial charge in [-0.05, 0) is 48.4 Å². The van der Waals surface area contributed by atoms with Crippen LogP contribution in [0.3, 0.4) is 0 Å². The Morgan fingerprint density at radius 3 is 2.42 bits per heavy atom.